The van der Waals surface area contributed by atoms with Gasteiger partial charge in [-0.1, -0.05) is 45.7 Å². The van der Waals surface area contributed by atoms with Crippen LogP contribution in [-0.2, 0) is 16.4 Å². The van der Waals surface area contributed by atoms with E-state index >= 15 is 0 Å². The maximum absolute atomic E-state index is 13.1. The molecule has 0 fully saturated rings. The van der Waals surface area contributed by atoms with Crippen molar-refractivity contribution >= 4 is 54.5 Å². The summed E-state index contributed by atoms with van der Waals surface area (Å²) in [5.41, 5.74) is 2.22. The third-order valence-corrected chi connectivity index (χ3v) is 6.84. The predicted octanol–water partition coefficient (Wildman–Crippen LogP) is 4.89. The Morgan fingerprint density at radius 1 is 1.07 bits per heavy atom. The molecule has 152 valence electrons. The average molecular weight is 497 g/mol. The topological polar surface area (TPSA) is 57.5 Å². The molecule has 0 bridgehead atoms. The fourth-order valence-electron chi connectivity index (χ4n) is 3.36. The van der Waals surface area contributed by atoms with Gasteiger partial charge >= 0.3 is 0 Å². The van der Waals surface area contributed by atoms with Crippen LogP contribution in [-0.4, -0.2) is 36.7 Å². The summed E-state index contributed by atoms with van der Waals surface area (Å²) in [6.45, 7) is 1.04. The van der Waals surface area contributed by atoms with Gasteiger partial charge < -0.3 is 9.47 Å². The van der Waals surface area contributed by atoms with E-state index in [4.69, 9.17) is 21.1 Å². The van der Waals surface area contributed by atoms with Crippen LogP contribution in [0.4, 0.5) is 0 Å². The van der Waals surface area contributed by atoms with Crippen LogP contribution in [0.15, 0.2) is 48.5 Å². The van der Waals surface area contributed by atoms with Gasteiger partial charge in [-0.05, 0) is 48.4 Å². The van der Waals surface area contributed by atoms with Gasteiger partial charge in [0.15, 0.2) is 11.5 Å². The number of hydrogen-bond donors (Lipinski definition) is 0. The lowest BCUT2D eigenvalue weighted by atomic mass is 10.2. The fourth-order valence-corrected chi connectivity index (χ4v) is 5.40. The second-order valence-corrected chi connectivity index (χ2v) is 9.72. The number of rotatable bonds is 6. The number of ether oxygens (including phenoxy) is 2. The maximum atomic E-state index is 13.1. The summed E-state index contributed by atoms with van der Waals surface area (Å²) in [5, 5.41) is 2.06. The first-order chi connectivity index (χ1) is 14.0. The number of halogens is 2. The van der Waals surface area contributed by atoms with E-state index in [0.29, 0.717) is 47.0 Å². The number of hydrogen-bond acceptors (Lipinski definition) is 4. The van der Waals surface area contributed by atoms with Crippen LogP contribution >= 0.6 is 27.5 Å². The Morgan fingerprint density at radius 2 is 1.86 bits per heavy atom. The Morgan fingerprint density at radius 3 is 2.66 bits per heavy atom. The second-order valence-electron chi connectivity index (χ2n) is 6.63. The van der Waals surface area contributed by atoms with Crippen molar-refractivity contribution in [3.63, 3.8) is 0 Å². The summed E-state index contributed by atoms with van der Waals surface area (Å²) in [4.78, 5) is 0. The molecule has 0 aliphatic carbocycles. The summed E-state index contributed by atoms with van der Waals surface area (Å²) in [7, 11) is -3.59. The minimum atomic E-state index is -3.59. The van der Waals surface area contributed by atoms with Crippen LogP contribution in [0.1, 0.15) is 11.3 Å². The molecule has 2 aromatic carbocycles. The zero-order valence-electron chi connectivity index (χ0n) is 15.5. The summed E-state index contributed by atoms with van der Waals surface area (Å²) >= 11 is 9.48. The SMILES string of the molecule is O=S(=O)(CC=Cc1ccc2c(c1)OCCO2)n1c(CCBr)cc2cc(Cl)ccc21. The molecule has 0 amide bonds. The molecule has 5 nitrogen and oxygen atoms in total. The molecule has 4 rings (SSSR count). The number of aromatic nitrogens is 1. The van der Waals surface area contributed by atoms with E-state index in [1.165, 1.54) is 3.97 Å². The highest BCUT2D eigenvalue weighted by Gasteiger charge is 2.19. The molecule has 0 unspecified atom stereocenters. The van der Waals surface area contributed by atoms with Crippen molar-refractivity contribution in [2.24, 2.45) is 0 Å². The Labute approximate surface area is 183 Å². The summed E-state index contributed by atoms with van der Waals surface area (Å²) in [6.07, 6.45) is 4.03. The zero-order chi connectivity index (χ0) is 20.4. The third kappa shape index (κ3) is 4.32. The molecule has 29 heavy (non-hydrogen) atoms. The van der Waals surface area contributed by atoms with Crippen LogP contribution in [0.5, 0.6) is 11.5 Å². The van der Waals surface area contributed by atoms with Gasteiger partial charge in [0.1, 0.15) is 13.2 Å². The fraction of sp³-hybridized carbons (Fsp3) is 0.238. The lowest BCUT2D eigenvalue weighted by molar-refractivity contribution is 0.171. The highest BCUT2D eigenvalue weighted by molar-refractivity contribution is 9.09. The summed E-state index contributed by atoms with van der Waals surface area (Å²) in [5.74, 6) is 1.26. The first-order valence-electron chi connectivity index (χ1n) is 9.13. The highest BCUT2D eigenvalue weighted by Crippen LogP contribution is 2.31. The van der Waals surface area contributed by atoms with E-state index in [1.807, 2.05) is 24.3 Å². The molecule has 1 aromatic heterocycles. The van der Waals surface area contributed by atoms with E-state index in [1.54, 1.807) is 30.4 Å². The molecular weight excluding hydrogens is 478 g/mol. The van der Waals surface area contributed by atoms with E-state index in [0.717, 1.165) is 16.6 Å². The van der Waals surface area contributed by atoms with E-state index in [-0.39, 0.29) is 5.75 Å². The predicted molar refractivity (Wildman–Crippen MR) is 120 cm³/mol. The van der Waals surface area contributed by atoms with Crippen molar-refractivity contribution in [2.75, 3.05) is 24.3 Å². The van der Waals surface area contributed by atoms with E-state index < -0.39 is 10.0 Å². The largest absolute Gasteiger partial charge is 0.486 e. The molecule has 0 saturated carbocycles. The third-order valence-electron chi connectivity index (χ3n) is 4.60. The van der Waals surface area contributed by atoms with Crippen LogP contribution < -0.4 is 9.47 Å². The number of fused-ring (bicyclic) bond motifs is 2. The lowest BCUT2D eigenvalue weighted by Crippen LogP contribution is -2.18. The smallest absolute Gasteiger partial charge is 0.242 e. The lowest BCUT2D eigenvalue weighted by Gasteiger charge is -2.18. The van der Waals surface area contributed by atoms with Crippen LogP contribution in [0.25, 0.3) is 17.0 Å². The van der Waals surface area contributed by atoms with E-state index in [9.17, 15) is 8.42 Å². The van der Waals surface area contributed by atoms with Crippen LogP contribution in [0.3, 0.4) is 0 Å². The minimum Gasteiger partial charge on any atom is -0.486 e. The Bertz CT molecular complexity index is 1190. The first-order valence-corrected chi connectivity index (χ1v) is 12.2. The number of nitrogens with zero attached hydrogens (tertiary/aromatic N) is 1. The second kappa shape index (κ2) is 8.42. The normalized spacial score (nSPS) is 14.0. The van der Waals surface area contributed by atoms with Gasteiger partial charge in [-0.15, -0.1) is 0 Å². The Balaban J connectivity index is 1.62. The van der Waals surface area contributed by atoms with Crippen molar-refractivity contribution in [1.82, 2.24) is 3.97 Å². The molecule has 0 atom stereocenters. The summed E-state index contributed by atoms with van der Waals surface area (Å²) < 4.78 is 38.8. The quantitative estimate of drug-likeness (QED) is 0.456. The van der Waals surface area contributed by atoms with Gasteiger partial charge in [0, 0.05) is 21.4 Å². The molecule has 2 heterocycles. The monoisotopic (exact) mass is 495 g/mol. The van der Waals surface area contributed by atoms with Gasteiger partial charge in [-0.3, -0.25) is 0 Å². The molecule has 0 saturated heterocycles. The van der Waals surface area contributed by atoms with Crippen LogP contribution in [0, 0.1) is 0 Å². The molecule has 8 heteroatoms. The molecule has 1 aliphatic rings. The van der Waals surface area contributed by atoms with Crippen molar-refractivity contribution in [3.05, 3.63) is 64.8 Å². The molecule has 0 radical (unpaired) electrons. The van der Waals surface area contributed by atoms with Crippen molar-refractivity contribution < 1.29 is 17.9 Å². The number of benzene rings is 2. The van der Waals surface area contributed by atoms with Crippen LogP contribution in [0.2, 0.25) is 5.02 Å². The standard InChI is InChI=1S/C21H19BrClNO4S/c22-8-7-18-14-16-13-17(23)4-5-19(16)24(18)29(25,26)11-1-2-15-3-6-20-21(12-15)28-10-9-27-20/h1-6,12-14H,7-11H2. The maximum Gasteiger partial charge on any atom is 0.242 e. The number of alkyl halides is 1. The Hall–Kier alpha value is -1.96. The molecule has 1 aliphatic heterocycles. The minimum absolute atomic E-state index is 0.122. The molecule has 0 spiro atoms. The van der Waals surface area contributed by atoms with Crippen molar-refractivity contribution in [3.8, 4) is 11.5 Å². The highest BCUT2D eigenvalue weighted by atomic mass is 79.9. The van der Waals surface area contributed by atoms with Gasteiger partial charge in [0.25, 0.3) is 0 Å². The number of aryl methyl sites for hydroxylation is 1. The summed E-state index contributed by atoms with van der Waals surface area (Å²) in [6, 6.07) is 12.7. The molecular formula is C21H19BrClNO4S. The first kappa shape index (κ1) is 20.3. The zero-order valence-corrected chi connectivity index (χ0v) is 18.6. The van der Waals surface area contributed by atoms with Crippen molar-refractivity contribution in [1.29, 1.82) is 0 Å². The van der Waals surface area contributed by atoms with Gasteiger partial charge in [-0.2, -0.15) is 0 Å². The van der Waals surface area contributed by atoms with E-state index in [2.05, 4.69) is 15.9 Å². The molecule has 3 aromatic rings. The molecule has 0 N–H and O–H groups in total. The Kier molecular flexibility index (Phi) is 5.90. The van der Waals surface area contributed by atoms with Gasteiger partial charge in [0.05, 0.1) is 11.3 Å². The van der Waals surface area contributed by atoms with Gasteiger partial charge in [0.2, 0.25) is 10.0 Å². The average Bonchev–Trinajstić information content (AvgIpc) is 3.06. The van der Waals surface area contributed by atoms with Crippen molar-refractivity contribution in [2.45, 2.75) is 6.42 Å². The van der Waals surface area contributed by atoms with Gasteiger partial charge in [-0.25, -0.2) is 12.4 Å².